The van der Waals surface area contributed by atoms with Crippen LogP contribution in [0.5, 0.6) is 5.88 Å². The molecule has 0 aliphatic carbocycles. The maximum atomic E-state index is 12.9. The van der Waals surface area contributed by atoms with E-state index in [9.17, 15) is 14.7 Å². The van der Waals surface area contributed by atoms with Crippen LogP contribution in [0.2, 0.25) is 0 Å². The van der Waals surface area contributed by atoms with Crippen molar-refractivity contribution in [2.24, 2.45) is 0 Å². The number of pyridine rings is 1. The number of rotatable bonds is 2. The Labute approximate surface area is 154 Å². The van der Waals surface area contributed by atoms with Crippen molar-refractivity contribution in [1.29, 1.82) is 5.26 Å². The maximum absolute atomic E-state index is 12.9. The van der Waals surface area contributed by atoms with Crippen LogP contribution in [0, 0.1) is 30.6 Å². The van der Waals surface area contributed by atoms with Crippen LogP contribution >= 0.6 is 0 Å². The number of imidazole rings is 1. The highest BCUT2D eigenvalue weighted by Gasteiger charge is 2.49. The lowest BCUT2D eigenvalue weighted by atomic mass is 10.2. The Hall–Kier alpha value is -3.72. The van der Waals surface area contributed by atoms with Gasteiger partial charge in [0, 0.05) is 6.54 Å². The fourth-order valence-electron chi connectivity index (χ4n) is 3.87. The van der Waals surface area contributed by atoms with E-state index in [4.69, 9.17) is 16.4 Å². The molecular formula is C18H15N5O4. The molecular weight excluding hydrogens is 350 g/mol. The smallest absolute Gasteiger partial charge is 0.411 e. The third-order valence-corrected chi connectivity index (χ3v) is 5.00. The molecule has 0 spiro atoms. The van der Waals surface area contributed by atoms with Crippen LogP contribution in [0.1, 0.15) is 35.5 Å². The number of ether oxygens (including phenoxy) is 1. The van der Waals surface area contributed by atoms with Gasteiger partial charge in [0.05, 0.1) is 24.0 Å². The summed E-state index contributed by atoms with van der Waals surface area (Å²) in [7, 11) is 0. The predicted molar refractivity (Wildman–Crippen MR) is 92.2 cm³/mol. The van der Waals surface area contributed by atoms with Crippen molar-refractivity contribution in [2.45, 2.75) is 25.4 Å². The Morgan fingerprint density at radius 2 is 2.33 bits per heavy atom. The van der Waals surface area contributed by atoms with Crippen LogP contribution in [0.15, 0.2) is 17.1 Å². The molecule has 2 aromatic rings. The van der Waals surface area contributed by atoms with E-state index in [2.05, 4.69) is 10.9 Å². The van der Waals surface area contributed by atoms with E-state index in [0.717, 1.165) is 4.57 Å². The molecule has 2 atom stereocenters. The van der Waals surface area contributed by atoms with Crippen molar-refractivity contribution >= 4 is 6.09 Å². The van der Waals surface area contributed by atoms with Gasteiger partial charge in [0.25, 0.3) is 0 Å². The number of aromatic nitrogens is 3. The molecule has 0 aromatic carbocycles. The van der Waals surface area contributed by atoms with Gasteiger partial charge in [0.1, 0.15) is 17.5 Å². The SMILES string of the molecule is C#CCOC(=O)N1CC2CC1c1c(O)n(-c3cnc(C#N)c(C)c3)c(=O)n12. The van der Waals surface area contributed by atoms with Crippen LogP contribution in [0.4, 0.5) is 4.79 Å². The molecule has 0 saturated carbocycles. The highest BCUT2D eigenvalue weighted by molar-refractivity contribution is 5.69. The van der Waals surface area contributed by atoms with Gasteiger partial charge in [-0.05, 0) is 25.0 Å². The summed E-state index contributed by atoms with van der Waals surface area (Å²) in [6.07, 6.45) is 6.45. The maximum Gasteiger partial charge on any atom is 0.411 e. The highest BCUT2D eigenvalue weighted by atomic mass is 16.6. The van der Waals surface area contributed by atoms with Gasteiger partial charge in [-0.15, -0.1) is 6.42 Å². The quantitative estimate of drug-likeness (QED) is 0.794. The van der Waals surface area contributed by atoms with E-state index in [0.29, 0.717) is 29.9 Å². The number of terminal acetylenes is 1. The predicted octanol–water partition coefficient (Wildman–Crippen LogP) is 0.991. The Kier molecular flexibility index (Phi) is 3.67. The zero-order valence-electron chi connectivity index (χ0n) is 14.4. The summed E-state index contributed by atoms with van der Waals surface area (Å²) in [5.41, 5.74) is 1.17. The first-order valence-corrected chi connectivity index (χ1v) is 8.28. The second-order valence-electron chi connectivity index (χ2n) is 6.48. The van der Waals surface area contributed by atoms with E-state index >= 15 is 0 Å². The first-order chi connectivity index (χ1) is 13.0. The standard InChI is InChI=1S/C18H15N5O4/c1-3-4-27-18(26)21-9-12-6-14(21)15-16(24)23(17(25)22(12)15)11-5-10(2)13(7-19)20-8-11/h1,5,8,12,14,24H,4,6,9H2,2H3. The number of hydrogen-bond acceptors (Lipinski definition) is 6. The van der Waals surface area contributed by atoms with Crippen LogP contribution in [-0.4, -0.2) is 43.4 Å². The monoisotopic (exact) mass is 365 g/mol. The number of aryl methyl sites for hydroxylation is 1. The molecule has 9 heteroatoms. The molecule has 2 aromatic heterocycles. The molecule has 1 saturated heterocycles. The topological polar surface area (TPSA) is 113 Å². The van der Waals surface area contributed by atoms with Crippen molar-refractivity contribution in [2.75, 3.05) is 13.2 Å². The molecule has 2 unspecified atom stereocenters. The van der Waals surface area contributed by atoms with Crippen molar-refractivity contribution in [3.63, 3.8) is 0 Å². The summed E-state index contributed by atoms with van der Waals surface area (Å²) in [6.45, 7) is 1.88. The Balaban J connectivity index is 1.76. The molecule has 27 heavy (non-hydrogen) atoms. The van der Waals surface area contributed by atoms with Gasteiger partial charge in [-0.3, -0.25) is 9.47 Å². The number of amides is 1. The normalized spacial score (nSPS) is 19.4. The second-order valence-corrected chi connectivity index (χ2v) is 6.48. The van der Waals surface area contributed by atoms with Gasteiger partial charge < -0.3 is 9.84 Å². The lowest BCUT2D eigenvalue weighted by molar-refractivity contribution is 0.103. The number of nitriles is 1. The molecule has 0 radical (unpaired) electrons. The number of likely N-dealkylation sites (tertiary alicyclic amines) is 1. The molecule has 2 bridgehead atoms. The average molecular weight is 365 g/mol. The van der Waals surface area contributed by atoms with Crippen LogP contribution < -0.4 is 5.69 Å². The van der Waals surface area contributed by atoms with Crippen molar-refractivity contribution < 1.29 is 14.6 Å². The first-order valence-electron chi connectivity index (χ1n) is 8.28. The lowest BCUT2D eigenvalue weighted by Crippen LogP contribution is -2.38. The minimum Gasteiger partial charge on any atom is -0.493 e. The van der Waals surface area contributed by atoms with E-state index in [1.54, 1.807) is 13.0 Å². The fourth-order valence-corrected chi connectivity index (χ4v) is 3.87. The number of carbonyl (C=O) groups is 1. The van der Waals surface area contributed by atoms with Gasteiger partial charge >= 0.3 is 11.8 Å². The third-order valence-electron chi connectivity index (χ3n) is 5.00. The number of carbonyl (C=O) groups excluding carboxylic acids is 1. The molecule has 2 aliphatic heterocycles. The van der Waals surface area contributed by atoms with E-state index in [1.165, 1.54) is 15.7 Å². The zero-order chi connectivity index (χ0) is 19.3. The van der Waals surface area contributed by atoms with Gasteiger partial charge in [-0.25, -0.2) is 19.1 Å². The molecule has 1 N–H and O–H groups in total. The number of aromatic hydroxyl groups is 1. The summed E-state index contributed by atoms with van der Waals surface area (Å²) in [5.74, 6) is 1.99. The molecule has 136 valence electrons. The van der Waals surface area contributed by atoms with Crippen molar-refractivity contribution in [3.8, 4) is 30.0 Å². The van der Waals surface area contributed by atoms with Crippen LogP contribution in [0.3, 0.4) is 0 Å². The van der Waals surface area contributed by atoms with Crippen LogP contribution in [-0.2, 0) is 4.74 Å². The number of hydrogen-bond donors (Lipinski definition) is 1. The number of fused-ring (bicyclic) bond motifs is 5. The first kappa shape index (κ1) is 16.7. The average Bonchev–Trinajstić information content (AvgIpc) is 3.31. The number of nitrogens with zero attached hydrogens (tertiary/aromatic N) is 5. The molecule has 9 nitrogen and oxygen atoms in total. The van der Waals surface area contributed by atoms with Gasteiger partial charge in [-0.2, -0.15) is 5.26 Å². The summed E-state index contributed by atoms with van der Waals surface area (Å²) >= 11 is 0. The van der Waals surface area contributed by atoms with Gasteiger partial charge in [-0.1, -0.05) is 5.92 Å². The molecule has 4 heterocycles. The third kappa shape index (κ3) is 2.29. The Morgan fingerprint density at radius 1 is 1.56 bits per heavy atom. The highest BCUT2D eigenvalue weighted by Crippen LogP contribution is 2.48. The van der Waals surface area contributed by atoms with Gasteiger partial charge in [0.2, 0.25) is 5.88 Å². The molecule has 1 amide bonds. The Morgan fingerprint density at radius 3 is 3.00 bits per heavy atom. The molecule has 1 fully saturated rings. The molecule has 2 aliphatic rings. The molecule has 4 rings (SSSR count). The van der Waals surface area contributed by atoms with E-state index in [-0.39, 0.29) is 24.2 Å². The summed E-state index contributed by atoms with van der Waals surface area (Å²) in [6, 6.07) is 2.88. The minimum atomic E-state index is -0.567. The summed E-state index contributed by atoms with van der Waals surface area (Å²) in [5, 5.41) is 19.7. The van der Waals surface area contributed by atoms with Crippen LogP contribution in [0.25, 0.3) is 5.69 Å². The van der Waals surface area contributed by atoms with E-state index in [1.807, 2.05) is 6.07 Å². The second kappa shape index (κ2) is 5.92. The zero-order valence-corrected chi connectivity index (χ0v) is 14.4. The van der Waals surface area contributed by atoms with Crippen molar-refractivity contribution in [1.82, 2.24) is 19.0 Å². The Bertz CT molecular complexity index is 1100. The van der Waals surface area contributed by atoms with Gasteiger partial charge in [0.15, 0.2) is 6.61 Å². The summed E-state index contributed by atoms with van der Waals surface area (Å²) in [4.78, 5) is 30.6. The minimum absolute atomic E-state index is 0.136. The lowest BCUT2D eigenvalue weighted by Gasteiger charge is -2.26. The fraction of sp³-hybridized carbons (Fsp3) is 0.333. The summed E-state index contributed by atoms with van der Waals surface area (Å²) < 4.78 is 7.64. The largest absolute Gasteiger partial charge is 0.493 e. The van der Waals surface area contributed by atoms with Crippen molar-refractivity contribution in [3.05, 3.63) is 39.7 Å². The van der Waals surface area contributed by atoms with E-state index < -0.39 is 17.8 Å².